The number of hydrogen-bond acceptors (Lipinski definition) is 5. The van der Waals surface area contributed by atoms with E-state index >= 15 is 0 Å². The van der Waals surface area contributed by atoms with Gasteiger partial charge in [-0.15, -0.1) is 0 Å². The molecule has 0 amide bonds. The molecule has 0 aliphatic carbocycles. The van der Waals surface area contributed by atoms with Gasteiger partial charge in [-0.1, -0.05) is 6.07 Å². The SMILES string of the molecule is CN=C(N)/C(C(=O)OCC(=O)c1c(F)cccc1F)=C(\N)C(F)F. The van der Waals surface area contributed by atoms with Gasteiger partial charge < -0.3 is 16.2 Å². The number of allylic oxidation sites excluding steroid dienone is 1. The number of amidine groups is 1. The monoisotopic (exact) mass is 347 g/mol. The van der Waals surface area contributed by atoms with Crippen LogP contribution in [-0.2, 0) is 9.53 Å². The first-order valence-corrected chi connectivity index (χ1v) is 6.35. The summed E-state index contributed by atoms with van der Waals surface area (Å²) in [6.45, 7) is -1.10. The van der Waals surface area contributed by atoms with E-state index in [1.165, 1.54) is 0 Å². The molecule has 0 spiro atoms. The van der Waals surface area contributed by atoms with Crippen LogP contribution >= 0.6 is 0 Å². The molecule has 0 heterocycles. The van der Waals surface area contributed by atoms with E-state index in [-0.39, 0.29) is 0 Å². The average Bonchev–Trinajstić information content (AvgIpc) is 2.52. The van der Waals surface area contributed by atoms with Gasteiger partial charge >= 0.3 is 5.97 Å². The van der Waals surface area contributed by atoms with Gasteiger partial charge in [-0.2, -0.15) is 0 Å². The first-order chi connectivity index (χ1) is 11.2. The number of carbonyl (C=O) groups excluding carboxylic acids is 2. The van der Waals surface area contributed by atoms with Crippen molar-refractivity contribution in [3.63, 3.8) is 0 Å². The average molecular weight is 347 g/mol. The lowest BCUT2D eigenvalue weighted by atomic mass is 10.1. The number of ether oxygens (including phenoxy) is 1. The second-order valence-electron chi connectivity index (χ2n) is 4.34. The predicted molar refractivity (Wildman–Crippen MR) is 76.4 cm³/mol. The number of alkyl halides is 2. The third-order valence-corrected chi connectivity index (χ3v) is 2.80. The Hall–Kier alpha value is -2.91. The van der Waals surface area contributed by atoms with Crippen LogP contribution in [0, 0.1) is 11.6 Å². The van der Waals surface area contributed by atoms with Crippen LogP contribution in [0.4, 0.5) is 17.6 Å². The summed E-state index contributed by atoms with van der Waals surface area (Å²) in [5.41, 5.74) is 7.32. The molecule has 0 atom stereocenters. The summed E-state index contributed by atoms with van der Waals surface area (Å²) in [7, 11) is 1.11. The fourth-order valence-electron chi connectivity index (χ4n) is 1.63. The Balaban J connectivity index is 2.98. The number of nitrogens with zero attached hydrogens (tertiary/aromatic N) is 1. The minimum atomic E-state index is -3.23. The zero-order valence-electron chi connectivity index (χ0n) is 12.4. The molecule has 24 heavy (non-hydrogen) atoms. The smallest absolute Gasteiger partial charge is 0.344 e. The summed E-state index contributed by atoms with van der Waals surface area (Å²) >= 11 is 0. The van der Waals surface area contributed by atoms with Crippen molar-refractivity contribution in [2.24, 2.45) is 16.5 Å². The van der Waals surface area contributed by atoms with E-state index in [4.69, 9.17) is 11.5 Å². The Morgan fingerprint density at radius 2 is 1.75 bits per heavy atom. The van der Waals surface area contributed by atoms with Crippen LogP contribution in [0.3, 0.4) is 0 Å². The van der Waals surface area contributed by atoms with E-state index in [1.54, 1.807) is 0 Å². The molecular weight excluding hydrogens is 334 g/mol. The molecular formula is C14H13F4N3O3. The molecule has 1 aromatic rings. The number of nitrogens with two attached hydrogens (primary N) is 2. The molecule has 0 unspecified atom stereocenters. The highest BCUT2D eigenvalue weighted by Crippen LogP contribution is 2.14. The van der Waals surface area contributed by atoms with Crippen molar-refractivity contribution in [1.29, 1.82) is 0 Å². The predicted octanol–water partition coefficient (Wildman–Crippen LogP) is 1.16. The van der Waals surface area contributed by atoms with Crippen LogP contribution < -0.4 is 11.5 Å². The van der Waals surface area contributed by atoms with E-state index in [1.807, 2.05) is 0 Å². The van der Waals surface area contributed by atoms with E-state index in [0.29, 0.717) is 0 Å². The van der Waals surface area contributed by atoms with Gasteiger partial charge in [0, 0.05) is 7.05 Å². The highest BCUT2D eigenvalue weighted by atomic mass is 19.3. The first-order valence-electron chi connectivity index (χ1n) is 6.35. The van der Waals surface area contributed by atoms with Gasteiger partial charge in [-0.05, 0) is 12.1 Å². The van der Waals surface area contributed by atoms with Gasteiger partial charge in [0.15, 0.2) is 6.61 Å². The number of ketones is 1. The molecule has 0 fully saturated rings. The minimum absolute atomic E-state index is 0.637. The Labute approximate surface area is 133 Å². The molecule has 4 N–H and O–H groups in total. The summed E-state index contributed by atoms with van der Waals surface area (Å²) in [5.74, 6) is -5.63. The van der Waals surface area contributed by atoms with Gasteiger partial charge in [0.05, 0.1) is 11.3 Å². The summed E-state index contributed by atoms with van der Waals surface area (Å²) in [4.78, 5) is 26.9. The van der Waals surface area contributed by atoms with Crippen molar-refractivity contribution < 1.29 is 31.9 Å². The van der Waals surface area contributed by atoms with Gasteiger partial charge in [-0.3, -0.25) is 9.79 Å². The molecule has 10 heteroatoms. The quantitative estimate of drug-likeness (QED) is 0.200. The molecule has 1 rings (SSSR count). The van der Waals surface area contributed by atoms with Crippen molar-refractivity contribution >= 4 is 17.6 Å². The summed E-state index contributed by atoms with van der Waals surface area (Å²) in [5, 5.41) is 0. The molecule has 0 saturated carbocycles. The second kappa shape index (κ2) is 8.09. The lowest BCUT2D eigenvalue weighted by Crippen LogP contribution is -2.30. The molecule has 0 saturated heterocycles. The maximum atomic E-state index is 13.4. The number of carbonyl (C=O) groups is 2. The standard InChI is InChI=1S/C14H13F4N3O3/c1-21-13(20)10(11(19)12(17)18)14(23)24-5-8(22)9-6(15)3-2-4-7(9)16/h2-4,12H,5,19H2,1H3,(H2,20,21)/b11-10+. The van der Waals surface area contributed by atoms with Gasteiger partial charge in [0.25, 0.3) is 6.43 Å². The molecule has 1 aromatic carbocycles. The lowest BCUT2D eigenvalue weighted by molar-refractivity contribution is -0.137. The highest BCUT2D eigenvalue weighted by molar-refractivity contribution is 6.19. The van der Waals surface area contributed by atoms with Crippen molar-refractivity contribution in [2.75, 3.05) is 13.7 Å². The summed E-state index contributed by atoms with van der Waals surface area (Å²) in [6, 6.07) is 2.70. The Morgan fingerprint density at radius 1 is 1.21 bits per heavy atom. The first kappa shape index (κ1) is 19.1. The molecule has 130 valence electrons. The van der Waals surface area contributed by atoms with Crippen LogP contribution in [-0.4, -0.2) is 37.7 Å². The van der Waals surface area contributed by atoms with Crippen LogP contribution in [0.5, 0.6) is 0 Å². The third-order valence-electron chi connectivity index (χ3n) is 2.80. The molecule has 0 aliphatic heterocycles. The summed E-state index contributed by atoms with van der Waals surface area (Å²) in [6.07, 6.45) is -3.23. The number of hydrogen-bond donors (Lipinski definition) is 2. The zero-order chi connectivity index (χ0) is 18.4. The van der Waals surface area contributed by atoms with Crippen LogP contribution in [0.1, 0.15) is 10.4 Å². The molecule has 0 aliphatic rings. The number of aliphatic imine (C=N–C) groups is 1. The number of benzene rings is 1. The molecule has 0 bridgehead atoms. The second-order valence-corrected chi connectivity index (χ2v) is 4.34. The number of rotatable bonds is 6. The van der Waals surface area contributed by atoms with Gasteiger partial charge in [-0.25, -0.2) is 22.4 Å². The van der Waals surface area contributed by atoms with Gasteiger partial charge in [0.1, 0.15) is 23.0 Å². The number of Topliss-reactive ketones (excluding diaryl/α,β-unsaturated/α-hetero) is 1. The highest BCUT2D eigenvalue weighted by Gasteiger charge is 2.26. The normalized spacial score (nSPS) is 12.8. The van der Waals surface area contributed by atoms with E-state index < -0.39 is 59.1 Å². The maximum absolute atomic E-state index is 13.4. The van der Waals surface area contributed by atoms with Crippen LogP contribution in [0.2, 0.25) is 0 Å². The van der Waals surface area contributed by atoms with Crippen molar-refractivity contribution in [2.45, 2.75) is 6.43 Å². The number of halogens is 4. The summed E-state index contributed by atoms with van der Waals surface area (Å²) < 4.78 is 56.6. The molecule has 6 nitrogen and oxygen atoms in total. The molecule has 0 radical (unpaired) electrons. The van der Waals surface area contributed by atoms with Crippen LogP contribution in [0.25, 0.3) is 0 Å². The van der Waals surface area contributed by atoms with E-state index in [2.05, 4.69) is 9.73 Å². The van der Waals surface area contributed by atoms with Gasteiger partial charge in [0.2, 0.25) is 5.78 Å². The lowest BCUT2D eigenvalue weighted by Gasteiger charge is -2.11. The third kappa shape index (κ3) is 4.31. The largest absolute Gasteiger partial charge is 0.454 e. The fraction of sp³-hybridized carbons (Fsp3) is 0.214. The topological polar surface area (TPSA) is 108 Å². The number of esters is 1. The van der Waals surface area contributed by atoms with Crippen molar-refractivity contribution in [3.05, 3.63) is 46.7 Å². The Morgan fingerprint density at radius 3 is 2.21 bits per heavy atom. The Kier molecular flexibility index (Phi) is 6.45. The fourth-order valence-corrected chi connectivity index (χ4v) is 1.63. The maximum Gasteiger partial charge on any atom is 0.344 e. The van der Waals surface area contributed by atoms with Crippen LogP contribution in [0.15, 0.2) is 34.5 Å². The zero-order valence-corrected chi connectivity index (χ0v) is 12.4. The van der Waals surface area contributed by atoms with E-state index in [0.717, 1.165) is 25.2 Å². The van der Waals surface area contributed by atoms with Crippen molar-refractivity contribution in [3.8, 4) is 0 Å². The minimum Gasteiger partial charge on any atom is -0.454 e. The van der Waals surface area contributed by atoms with E-state index in [9.17, 15) is 27.2 Å². The van der Waals surface area contributed by atoms with Crippen molar-refractivity contribution in [1.82, 2.24) is 0 Å². The Bertz CT molecular complexity index is 697. The molecule has 0 aromatic heterocycles.